The van der Waals surface area contributed by atoms with Gasteiger partial charge < -0.3 is 15.4 Å². The van der Waals surface area contributed by atoms with Gasteiger partial charge in [0, 0.05) is 13.6 Å². The number of likely N-dealkylation sites (N-methyl/N-ethyl adjacent to an activating group) is 1. The molecule has 0 radical (unpaired) electrons. The molecule has 1 fully saturated rings. The molecule has 14 heavy (non-hydrogen) atoms. The second-order valence-electron chi connectivity index (χ2n) is 4.34. The maximum absolute atomic E-state index is 10.9. The highest BCUT2D eigenvalue weighted by Gasteiger charge is 2.31. The summed E-state index contributed by atoms with van der Waals surface area (Å²) in [6, 6.07) is 0. The Balaban J connectivity index is 2.12. The van der Waals surface area contributed by atoms with Crippen molar-refractivity contribution in [1.82, 2.24) is 10.6 Å². The number of ether oxygens (including phenoxy) is 1. The largest absolute Gasteiger partial charge is 0.371 e. The van der Waals surface area contributed by atoms with Crippen molar-refractivity contribution in [2.45, 2.75) is 38.4 Å². The Morgan fingerprint density at radius 3 is 2.79 bits per heavy atom. The average Bonchev–Trinajstić information content (AvgIpc) is 2.45. The number of carbonyl (C=O) groups is 1. The normalized spacial score (nSPS) is 24.9. The predicted molar refractivity (Wildman–Crippen MR) is 55.1 cm³/mol. The third-order valence-corrected chi connectivity index (χ3v) is 2.49. The van der Waals surface area contributed by atoms with E-state index in [4.69, 9.17) is 4.74 Å². The Hall–Kier alpha value is -0.610. The predicted octanol–water partition coefficient (Wildman–Crippen LogP) is 0.280. The monoisotopic (exact) mass is 200 g/mol. The van der Waals surface area contributed by atoms with Gasteiger partial charge in [-0.15, -0.1) is 0 Å². The lowest BCUT2D eigenvalue weighted by Crippen LogP contribution is -2.36. The average molecular weight is 200 g/mol. The van der Waals surface area contributed by atoms with E-state index in [0.717, 1.165) is 19.4 Å². The molecule has 1 heterocycles. The summed E-state index contributed by atoms with van der Waals surface area (Å²) in [4.78, 5) is 10.9. The van der Waals surface area contributed by atoms with E-state index in [1.165, 1.54) is 0 Å². The molecule has 2 N–H and O–H groups in total. The molecule has 0 saturated carbocycles. The SMILES string of the molecule is CNC(=O)CNCC1CCC(C)(C)O1. The van der Waals surface area contributed by atoms with Crippen LogP contribution in [0.3, 0.4) is 0 Å². The van der Waals surface area contributed by atoms with Crippen LogP contribution in [0.15, 0.2) is 0 Å². The summed E-state index contributed by atoms with van der Waals surface area (Å²) in [6.07, 6.45) is 2.43. The van der Waals surface area contributed by atoms with Crippen LogP contribution in [-0.2, 0) is 9.53 Å². The summed E-state index contributed by atoms with van der Waals surface area (Å²) in [6.45, 7) is 5.34. The Morgan fingerprint density at radius 1 is 1.57 bits per heavy atom. The quantitative estimate of drug-likeness (QED) is 0.685. The molecule has 1 atom stereocenters. The lowest BCUT2D eigenvalue weighted by molar-refractivity contribution is -0.119. The molecule has 1 unspecified atom stereocenters. The van der Waals surface area contributed by atoms with E-state index in [-0.39, 0.29) is 17.6 Å². The van der Waals surface area contributed by atoms with Gasteiger partial charge >= 0.3 is 0 Å². The molecule has 0 bridgehead atoms. The van der Waals surface area contributed by atoms with Crippen molar-refractivity contribution < 1.29 is 9.53 Å². The van der Waals surface area contributed by atoms with E-state index in [1.807, 2.05) is 0 Å². The molecular weight excluding hydrogens is 180 g/mol. The van der Waals surface area contributed by atoms with Crippen LogP contribution >= 0.6 is 0 Å². The Morgan fingerprint density at radius 2 is 2.29 bits per heavy atom. The van der Waals surface area contributed by atoms with Crippen molar-refractivity contribution in [2.24, 2.45) is 0 Å². The second kappa shape index (κ2) is 4.75. The van der Waals surface area contributed by atoms with E-state index in [2.05, 4.69) is 24.5 Å². The lowest BCUT2D eigenvalue weighted by Gasteiger charge is -2.19. The third-order valence-electron chi connectivity index (χ3n) is 2.49. The third kappa shape index (κ3) is 3.64. The van der Waals surface area contributed by atoms with E-state index >= 15 is 0 Å². The standard InChI is InChI=1S/C10H20N2O2/c1-10(2)5-4-8(14-10)6-12-7-9(13)11-3/h8,12H,4-7H2,1-3H3,(H,11,13). The minimum absolute atomic E-state index is 0.0133. The van der Waals surface area contributed by atoms with Crippen molar-refractivity contribution >= 4 is 5.91 Å². The Kier molecular flexibility index (Phi) is 3.89. The first-order valence-corrected chi connectivity index (χ1v) is 5.12. The smallest absolute Gasteiger partial charge is 0.233 e. The Labute approximate surface area is 85.4 Å². The molecule has 4 nitrogen and oxygen atoms in total. The number of nitrogens with one attached hydrogen (secondary N) is 2. The van der Waals surface area contributed by atoms with Crippen LogP contribution in [0.1, 0.15) is 26.7 Å². The summed E-state index contributed by atoms with van der Waals surface area (Å²) in [5.74, 6) is 0.0160. The van der Waals surface area contributed by atoms with Crippen LogP contribution < -0.4 is 10.6 Å². The van der Waals surface area contributed by atoms with Crippen molar-refractivity contribution in [1.29, 1.82) is 0 Å². The van der Waals surface area contributed by atoms with Crippen molar-refractivity contribution in [3.05, 3.63) is 0 Å². The number of hydrogen-bond acceptors (Lipinski definition) is 3. The minimum atomic E-state index is 0.0133. The molecule has 0 aliphatic carbocycles. The van der Waals surface area contributed by atoms with Crippen molar-refractivity contribution in [2.75, 3.05) is 20.1 Å². The van der Waals surface area contributed by atoms with Crippen LogP contribution in [0.2, 0.25) is 0 Å². The number of hydrogen-bond donors (Lipinski definition) is 2. The first-order chi connectivity index (χ1) is 6.53. The summed E-state index contributed by atoms with van der Waals surface area (Å²) in [7, 11) is 1.64. The molecule has 1 aliphatic heterocycles. The molecule has 1 amide bonds. The fraction of sp³-hybridized carbons (Fsp3) is 0.900. The van der Waals surface area contributed by atoms with Crippen LogP contribution in [0, 0.1) is 0 Å². The highest BCUT2D eigenvalue weighted by Crippen LogP contribution is 2.28. The van der Waals surface area contributed by atoms with E-state index in [1.54, 1.807) is 7.05 Å². The van der Waals surface area contributed by atoms with Crippen LogP contribution in [0.4, 0.5) is 0 Å². The van der Waals surface area contributed by atoms with Gasteiger partial charge in [0.2, 0.25) is 5.91 Å². The number of rotatable bonds is 4. The molecule has 0 aromatic rings. The molecule has 4 heteroatoms. The van der Waals surface area contributed by atoms with Crippen molar-refractivity contribution in [3.8, 4) is 0 Å². The first kappa shape index (κ1) is 11.5. The minimum Gasteiger partial charge on any atom is -0.371 e. The lowest BCUT2D eigenvalue weighted by atomic mass is 10.1. The van der Waals surface area contributed by atoms with Crippen LogP contribution in [0.5, 0.6) is 0 Å². The van der Waals surface area contributed by atoms with Gasteiger partial charge in [0.25, 0.3) is 0 Å². The fourth-order valence-corrected chi connectivity index (χ4v) is 1.66. The number of carbonyl (C=O) groups excluding carboxylic acids is 1. The molecule has 0 aromatic heterocycles. The first-order valence-electron chi connectivity index (χ1n) is 5.12. The maximum atomic E-state index is 10.9. The van der Waals surface area contributed by atoms with Gasteiger partial charge in [-0.1, -0.05) is 0 Å². The molecule has 1 rings (SSSR count). The van der Waals surface area contributed by atoms with Gasteiger partial charge in [0.1, 0.15) is 0 Å². The molecule has 1 aliphatic rings. The zero-order chi connectivity index (χ0) is 10.6. The van der Waals surface area contributed by atoms with Gasteiger partial charge in [-0.2, -0.15) is 0 Å². The van der Waals surface area contributed by atoms with Crippen LogP contribution in [-0.4, -0.2) is 37.7 Å². The fourth-order valence-electron chi connectivity index (χ4n) is 1.66. The summed E-state index contributed by atoms with van der Waals surface area (Å²) in [5.41, 5.74) is 0.0133. The highest BCUT2D eigenvalue weighted by molar-refractivity contribution is 5.77. The van der Waals surface area contributed by atoms with E-state index < -0.39 is 0 Å². The molecule has 0 spiro atoms. The van der Waals surface area contributed by atoms with E-state index in [9.17, 15) is 4.79 Å². The van der Waals surface area contributed by atoms with Gasteiger partial charge in [0.05, 0.1) is 18.2 Å². The zero-order valence-corrected chi connectivity index (χ0v) is 9.22. The topological polar surface area (TPSA) is 50.4 Å². The van der Waals surface area contributed by atoms with Crippen molar-refractivity contribution in [3.63, 3.8) is 0 Å². The summed E-state index contributed by atoms with van der Waals surface area (Å²) in [5, 5.41) is 5.64. The summed E-state index contributed by atoms with van der Waals surface area (Å²) < 4.78 is 5.77. The van der Waals surface area contributed by atoms with Crippen LogP contribution in [0.25, 0.3) is 0 Å². The maximum Gasteiger partial charge on any atom is 0.233 e. The van der Waals surface area contributed by atoms with Gasteiger partial charge in [-0.25, -0.2) is 0 Å². The molecule has 82 valence electrons. The number of amides is 1. The van der Waals surface area contributed by atoms with Gasteiger partial charge in [-0.3, -0.25) is 4.79 Å². The summed E-state index contributed by atoms with van der Waals surface area (Å²) >= 11 is 0. The highest BCUT2D eigenvalue weighted by atomic mass is 16.5. The van der Waals surface area contributed by atoms with Gasteiger partial charge in [-0.05, 0) is 26.7 Å². The molecular formula is C10H20N2O2. The molecule has 0 aromatic carbocycles. The zero-order valence-electron chi connectivity index (χ0n) is 9.22. The van der Waals surface area contributed by atoms with Gasteiger partial charge in [0.15, 0.2) is 0 Å². The second-order valence-corrected chi connectivity index (χ2v) is 4.34. The van der Waals surface area contributed by atoms with E-state index in [0.29, 0.717) is 6.54 Å². The Bertz CT molecular complexity index is 204. The molecule has 1 saturated heterocycles.